The first kappa shape index (κ1) is 15.2. The van der Waals surface area contributed by atoms with E-state index in [-0.39, 0.29) is 5.92 Å². The highest BCUT2D eigenvalue weighted by Crippen LogP contribution is 2.20. The summed E-state index contributed by atoms with van der Waals surface area (Å²) in [6, 6.07) is -0.618. The molecule has 0 aromatic heterocycles. The first-order valence-corrected chi connectivity index (χ1v) is 5.96. The molecule has 2 atom stereocenters. The van der Waals surface area contributed by atoms with Crippen LogP contribution in [0.5, 0.6) is 0 Å². The summed E-state index contributed by atoms with van der Waals surface area (Å²) in [5, 5.41) is 26.8. The van der Waals surface area contributed by atoms with E-state index in [1.54, 1.807) is 6.92 Å². The molecule has 1 aliphatic rings. The van der Waals surface area contributed by atoms with Crippen LogP contribution in [0, 0.1) is 5.92 Å². The Bertz CT molecular complexity index is 354. The number of carboxylic acids is 2. The van der Waals surface area contributed by atoms with E-state index in [0.29, 0.717) is 19.5 Å². The molecule has 0 bridgehead atoms. The van der Waals surface area contributed by atoms with Crippen molar-refractivity contribution < 1.29 is 29.7 Å². The van der Waals surface area contributed by atoms with Gasteiger partial charge < -0.3 is 25.1 Å². The van der Waals surface area contributed by atoms with Crippen molar-refractivity contribution in [1.29, 1.82) is 0 Å². The second-order valence-electron chi connectivity index (χ2n) is 4.66. The number of carbonyl (C=O) groups is 3. The molecule has 3 N–H and O–H groups in total. The van der Waals surface area contributed by atoms with E-state index >= 15 is 0 Å². The Morgan fingerprint density at radius 3 is 2.16 bits per heavy atom. The first-order chi connectivity index (χ1) is 8.81. The highest BCUT2D eigenvalue weighted by Gasteiger charge is 2.32. The molecule has 0 aliphatic carbocycles. The van der Waals surface area contributed by atoms with E-state index in [9.17, 15) is 19.5 Å². The number of aliphatic carboxylic acids is 2. The van der Waals surface area contributed by atoms with Gasteiger partial charge in [-0.3, -0.25) is 9.59 Å². The number of amides is 2. The van der Waals surface area contributed by atoms with Gasteiger partial charge in [-0.15, -0.1) is 0 Å². The van der Waals surface area contributed by atoms with E-state index in [1.807, 2.05) is 0 Å². The number of urea groups is 1. The molecule has 8 heteroatoms. The van der Waals surface area contributed by atoms with Gasteiger partial charge in [0.2, 0.25) is 0 Å². The van der Waals surface area contributed by atoms with E-state index in [1.165, 1.54) is 4.90 Å². The van der Waals surface area contributed by atoms with Crippen molar-refractivity contribution in [3.05, 3.63) is 0 Å². The highest BCUT2D eigenvalue weighted by atomic mass is 16.4. The Hall–Kier alpha value is -1.83. The summed E-state index contributed by atoms with van der Waals surface area (Å²) in [7, 11) is 0. The van der Waals surface area contributed by atoms with Crippen LogP contribution in [0.1, 0.15) is 13.3 Å². The van der Waals surface area contributed by atoms with Crippen molar-refractivity contribution in [3.63, 3.8) is 0 Å². The summed E-state index contributed by atoms with van der Waals surface area (Å²) in [6.07, 6.45) is 0.0717. The molecular formula is C11H18N2O6. The molecule has 2 amide bonds. The van der Waals surface area contributed by atoms with Gasteiger partial charge in [-0.25, -0.2) is 4.79 Å². The predicted molar refractivity (Wildman–Crippen MR) is 63.6 cm³/mol. The summed E-state index contributed by atoms with van der Waals surface area (Å²) >= 11 is 0. The summed E-state index contributed by atoms with van der Waals surface area (Å²) in [5.41, 5.74) is 0. The van der Waals surface area contributed by atoms with Crippen molar-refractivity contribution in [2.75, 3.05) is 26.2 Å². The van der Waals surface area contributed by atoms with Gasteiger partial charge in [0.1, 0.15) is 13.1 Å². The average molecular weight is 274 g/mol. The largest absolute Gasteiger partial charge is 0.480 e. The van der Waals surface area contributed by atoms with Gasteiger partial charge in [0.25, 0.3) is 0 Å². The molecule has 8 nitrogen and oxygen atoms in total. The molecular weight excluding hydrogens is 256 g/mol. The Kier molecular flexibility index (Phi) is 5.11. The third-order valence-electron chi connectivity index (χ3n) is 3.10. The van der Waals surface area contributed by atoms with Gasteiger partial charge in [0, 0.05) is 19.0 Å². The number of rotatable bonds is 5. The summed E-state index contributed by atoms with van der Waals surface area (Å²) in [4.78, 5) is 35.5. The van der Waals surface area contributed by atoms with Crippen molar-refractivity contribution in [2.45, 2.75) is 19.4 Å². The normalized spacial score (nSPS) is 20.1. The summed E-state index contributed by atoms with van der Waals surface area (Å²) < 4.78 is 0. The number of likely N-dealkylation sites (tertiary alicyclic amines) is 1. The maximum Gasteiger partial charge on any atom is 0.323 e. The fourth-order valence-electron chi connectivity index (χ4n) is 2.07. The number of aliphatic hydroxyl groups excluding tert-OH is 1. The maximum atomic E-state index is 12.0. The molecule has 1 heterocycles. The van der Waals surface area contributed by atoms with E-state index < -0.39 is 37.2 Å². The lowest BCUT2D eigenvalue weighted by Crippen LogP contribution is -2.46. The quantitative estimate of drug-likeness (QED) is 0.609. The molecule has 0 radical (unpaired) electrons. The number of carboxylic acid groups (broad SMARTS) is 2. The van der Waals surface area contributed by atoms with Crippen molar-refractivity contribution in [1.82, 2.24) is 9.80 Å². The lowest BCUT2D eigenvalue weighted by molar-refractivity contribution is -0.140. The third kappa shape index (κ3) is 4.40. The number of hydrogen-bond donors (Lipinski definition) is 3. The number of carbonyl (C=O) groups excluding carboxylic acids is 1. The van der Waals surface area contributed by atoms with Crippen molar-refractivity contribution in [2.24, 2.45) is 5.92 Å². The molecule has 1 rings (SSSR count). The Labute approximate surface area is 110 Å². The van der Waals surface area contributed by atoms with Gasteiger partial charge in [-0.2, -0.15) is 0 Å². The molecule has 1 saturated heterocycles. The first-order valence-electron chi connectivity index (χ1n) is 5.96. The third-order valence-corrected chi connectivity index (χ3v) is 3.10. The van der Waals surface area contributed by atoms with Crippen LogP contribution in [0.25, 0.3) is 0 Å². The van der Waals surface area contributed by atoms with E-state index in [4.69, 9.17) is 10.2 Å². The highest BCUT2D eigenvalue weighted by molar-refractivity contribution is 5.84. The number of nitrogens with zero attached hydrogens (tertiary/aromatic N) is 2. The minimum absolute atomic E-state index is 0.0551. The van der Waals surface area contributed by atoms with Crippen LogP contribution in [0.3, 0.4) is 0 Å². The Balaban J connectivity index is 2.66. The maximum absolute atomic E-state index is 12.0. The zero-order chi connectivity index (χ0) is 14.6. The molecule has 0 aromatic carbocycles. The second kappa shape index (κ2) is 6.37. The Morgan fingerprint density at radius 1 is 1.26 bits per heavy atom. The van der Waals surface area contributed by atoms with E-state index in [2.05, 4.69) is 0 Å². The molecule has 2 unspecified atom stereocenters. The fourth-order valence-corrected chi connectivity index (χ4v) is 2.07. The van der Waals surface area contributed by atoms with Crippen LogP contribution in [0.2, 0.25) is 0 Å². The van der Waals surface area contributed by atoms with Crippen LogP contribution in [-0.4, -0.2) is 75.4 Å². The smallest absolute Gasteiger partial charge is 0.323 e. The average Bonchev–Trinajstić information content (AvgIpc) is 2.75. The van der Waals surface area contributed by atoms with Crippen molar-refractivity contribution in [3.8, 4) is 0 Å². The summed E-state index contributed by atoms with van der Waals surface area (Å²) in [6.45, 7) is 1.03. The molecule has 0 aromatic rings. The molecule has 1 aliphatic heterocycles. The van der Waals surface area contributed by atoms with Gasteiger partial charge in [-0.1, -0.05) is 0 Å². The fraction of sp³-hybridized carbons (Fsp3) is 0.727. The zero-order valence-corrected chi connectivity index (χ0v) is 10.7. The van der Waals surface area contributed by atoms with Gasteiger partial charge in [0.05, 0.1) is 6.10 Å². The topological polar surface area (TPSA) is 118 Å². The zero-order valence-electron chi connectivity index (χ0n) is 10.7. The number of hydrogen-bond acceptors (Lipinski definition) is 4. The van der Waals surface area contributed by atoms with Crippen molar-refractivity contribution >= 4 is 18.0 Å². The molecule has 0 spiro atoms. The monoisotopic (exact) mass is 274 g/mol. The SMILES string of the molecule is CC(O)C1CCN(C(=O)N(CC(=O)O)CC(=O)O)C1. The van der Waals surface area contributed by atoms with Crippen LogP contribution in [0.4, 0.5) is 4.79 Å². The lowest BCUT2D eigenvalue weighted by Gasteiger charge is -2.25. The van der Waals surface area contributed by atoms with Gasteiger partial charge >= 0.3 is 18.0 Å². The summed E-state index contributed by atoms with van der Waals surface area (Å²) in [5.74, 6) is -2.58. The van der Waals surface area contributed by atoms with Gasteiger partial charge in [-0.05, 0) is 13.3 Å². The number of aliphatic hydroxyl groups is 1. The molecule has 0 saturated carbocycles. The minimum atomic E-state index is -1.26. The van der Waals surface area contributed by atoms with Crippen LogP contribution >= 0.6 is 0 Å². The minimum Gasteiger partial charge on any atom is -0.480 e. The van der Waals surface area contributed by atoms with E-state index in [0.717, 1.165) is 4.90 Å². The Morgan fingerprint density at radius 2 is 1.79 bits per heavy atom. The predicted octanol–water partition coefficient (Wildman–Crippen LogP) is -0.720. The molecule has 1 fully saturated rings. The second-order valence-corrected chi connectivity index (χ2v) is 4.66. The molecule has 19 heavy (non-hydrogen) atoms. The standard InChI is InChI=1S/C11H18N2O6/c1-7(14)8-2-3-12(4-8)11(19)13(5-9(15)16)6-10(17)18/h7-8,14H,2-6H2,1H3,(H,15,16)(H,17,18). The lowest BCUT2D eigenvalue weighted by atomic mass is 10.0. The van der Waals surface area contributed by atoms with Crippen LogP contribution in [0.15, 0.2) is 0 Å². The van der Waals surface area contributed by atoms with Crippen LogP contribution < -0.4 is 0 Å². The van der Waals surface area contributed by atoms with Gasteiger partial charge in [0.15, 0.2) is 0 Å². The molecule has 108 valence electrons. The van der Waals surface area contributed by atoms with Crippen LogP contribution in [-0.2, 0) is 9.59 Å².